The fourth-order valence-electron chi connectivity index (χ4n) is 7.10. The van der Waals surface area contributed by atoms with Crippen molar-refractivity contribution in [2.75, 3.05) is 32.7 Å². The fraction of sp³-hybridized carbons (Fsp3) is 0.594. The Morgan fingerprint density at radius 3 is 2.47 bits per heavy atom. The van der Waals surface area contributed by atoms with Crippen molar-refractivity contribution in [2.24, 2.45) is 0 Å². The summed E-state index contributed by atoms with van der Waals surface area (Å²) in [6.45, 7) is 11.3. The van der Waals surface area contributed by atoms with E-state index in [4.69, 9.17) is 0 Å². The summed E-state index contributed by atoms with van der Waals surface area (Å²) in [4.78, 5) is 20.8. The minimum Gasteiger partial charge on any atom is -0.339 e. The molecule has 0 spiro atoms. The summed E-state index contributed by atoms with van der Waals surface area (Å²) >= 11 is 0. The lowest BCUT2D eigenvalue weighted by molar-refractivity contribution is 0.0533. The van der Waals surface area contributed by atoms with E-state index in [0.29, 0.717) is 18.1 Å². The SMILES string of the molecule is C=CCN1CCC2CCCC(C1)N2C(C1=CC(C)=CCC1)c1ccc(C(=O)N2CCCCCC2)cc1. The highest BCUT2D eigenvalue weighted by atomic mass is 16.2. The maximum atomic E-state index is 13.3. The standard InChI is InChI=1S/C32H45N3O/c1-3-19-33-22-18-29-12-9-13-30(24-33)35(29)31(28-11-8-10-25(2)23-28)26-14-16-27(17-15-26)32(36)34-20-6-4-5-7-21-34/h3,10,14-17,23,29-31H,1,4-9,11-13,18-22,24H2,2H3. The summed E-state index contributed by atoms with van der Waals surface area (Å²) in [5, 5.41) is 0. The van der Waals surface area contributed by atoms with Crippen molar-refractivity contribution < 1.29 is 4.79 Å². The van der Waals surface area contributed by atoms with E-state index in [1.54, 1.807) is 5.57 Å². The second kappa shape index (κ2) is 11.9. The number of benzene rings is 1. The highest BCUT2D eigenvalue weighted by Crippen LogP contribution is 2.42. The van der Waals surface area contributed by atoms with E-state index in [2.05, 4.69) is 70.7 Å². The van der Waals surface area contributed by atoms with Crippen LogP contribution in [0, 0.1) is 0 Å². The van der Waals surface area contributed by atoms with Gasteiger partial charge in [-0.1, -0.05) is 55.2 Å². The second-order valence-electron chi connectivity index (χ2n) is 11.5. The van der Waals surface area contributed by atoms with Gasteiger partial charge in [0.2, 0.25) is 0 Å². The molecule has 4 nitrogen and oxygen atoms in total. The van der Waals surface area contributed by atoms with Crippen molar-refractivity contribution in [3.05, 3.63) is 71.3 Å². The molecule has 36 heavy (non-hydrogen) atoms. The molecule has 4 aliphatic rings. The van der Waals surface area contributed by atoms with E-state index in [1.807, 2.05) is 0 Å². The van der Waals surface area contributed by atoms with Crippen molar-refractivity contribution >= 4 is 5.91 Å². The largest absolute Gasteiger partial charge is 0.339 e. The predicted molar refractivity (Wildman–Crippen MR) is 149 cm³/mol. The molecule has 3 atom stereocenters. The van der Waals surface area contributed by atoms with E-state index in [9.17, 15) is 4.79 Å². The molecule has 1 aromatic rings. The molecule has 1 aromatic carbocycles. The van der Waals surface area contributed by atoms with Crippen molar-refractivity contribution in [1.82, 2.24) is 14.7 Å². The summed E-state index contributed by atoms with van der Waals surface area (Å²) in [5.41, 5.74) is 5.15. The van der Waals surface area contributed by atoms with Gasteiger partial charge in [0.15, 0.2) is 0 Å². The summed E-state index contributed by atoms with van der Waals surface area (Å²) in [6, 6.07) is 10.3. The maximum Gasteiger partial charge on any atom is 0.253 e. The van der Waals surface area contributed by atoms with Crippen LogP contribution in [0.15, 0.2) is 60.2 Å². The first-order valence-corrected chi connectivity index (χ1v) is 14.5. The summed E-state index contributed by atoms with van der Waals surface area (Å²) < 4.78 is 0. The maximum absolute atomic E-state index is 13.3. The summed E-state index contributed by atoms with van der Waals surface area (Å²) in [6.07, 6.45) is 19.0. The molecule has 5 rings (SSSR count). The lowest BCUT2D eigenvalue weighted by atomic mass is 9.84. The van der Waals surface area contributed by atoms with Gasteiger partial charge >= 0.3 is 0 Å². The molecule has 0 N–H and O–H groups in total. The number of fused-ring (bicyclic) bond motifs is 2. The number of hydrogen-bond donors (Lipinski definition) is 0. The van der Waals surface area contributed by atoms with Gasteiger partial charge < -0.3 is 4.90 Å². The first-order chi connectivity index (χ1) is 17.6. The van der Waals surface area contributed by atoms with Crippen LogP contribution in [-0.4, -0.2) is 65.4 Å². The molecule has 3 saturated heterocycles. The van der Waals surface area contributed by atoms with Gasteiger partial charge in [0.1, 0.15) is 0 Å². The first-order valence-electron chi connectivity index (χ1n) is 14.5. The Morgan fingerprint density at radius 1 is 1.00 bits per heavy atom. The van der Waals surface area contributed by atoms with Crippen molar-refractivity contribution in [3.8, 4) is 0 Å². The van der Waals surface area contributed by atoms with Gasteiger partial charge in [-0.25, -0.2) is 0 Å². The van der Waals surface area contributed by atoms with Crippen LogP contribution in [-0.2, 0) is 0 Å². The summed E-state index contributed by atoms with van der Waals surface area (Å²) in [7, 11) is 0. The third-order valence-electron chi connectivity index (χ3n) is 8.88. The lowest BCUT2D eigenvalue weighted by Crippen LogP contribution is -2.50. The zero-order valence-corrected chi connectivity index (χ0v) is 22.3. The molecule has 4 heteroatoms. The van der Waals surface area contributed by atoms with Crippen LogP contribution in [0.4, 0.5) is 0 Å². The van der Waals surface area contributed by atoms with Crippen LogP contribution in [0.1, 0.15) is 93.1 Å². The average Bonchev–Trinajstić information content (AvgIpc) is 3.22. The molecule has 3 heterocycles. The molecule has 2 bridgehead atoms. The van der Waals surface area contributed by atoms with Crippen molar-refractivity contribution in [1.29, 1.82) is 0 Å². The Kier molecular flexibility index (Phi) is 8.43. The number of carbonyl (C=O) groups is 1. The molecule has 0 saturated carbocycles. The molecule has 194 valence electrons. The zero-order valence-electron chi connectivity index (χ0n) is 22.3. The van der Waals surface area contributed by atoms with Crippen LogP contribution in [0.5, 0.6) is 0 Å². The van der Waals surface area contributed by atoms with Crippen LogP contribution < -0.4 is 0 Å². The van der Waals surface area contributed by atoms with Crippen LogP contribution >= 0.6 is 0 Å². The van der Waals surface area contributed by atoms with Gasteiger partial charge in [0, 0.05) is 50.4 Å². The molecule has 0 radical (unpaired) electrons. The van der Waals surface area contributed by atoms with Gasteiger partial charge in [-0.05, 0) is 75.1 Å². The normalized spacial score (nSPS) is 26.9. The average molecular weight is 488 g/mol. The van der Waals surface area contributed by atoms with Crippen molar-refractivity contribution in [2.45, 2.75) is 89.3 Å². The predicted octanol–water partition coefficient (Wildman–Crippen LogP) is 6.53. The Labute approximate surface area is 218 Å². The molecule has 1 aliphatic carbocycles. The number of likely N-dealkylation sites (tertiary alicyclic amines) is 1. The molecular formula is C32H45N3O. The third kappa shape index (κ3) is 5.70. The quantitative estimate of drug-likeness (QED) is 0.427. The fourth-order valence-corrected chi connectivity index (χ4v) is 7.10. The van der Waals surface area contributed by atoms with E-state index in [0.717, 1.165) is 64.0 Å². The Balaban J connectivity index is 1.45. The number of piperidine rings is 1. The number of amides is 1. The van der Waals surface area contributed by atoms with Crippen molar-refractivity contribution in [3.63, 3.8) is 0 Å². The minimum absolute atomic E-state index is 0.211. The van der Waals surface area contributed by atoms with Gasteiger partial charge in [0.05, 0.1) is 6.04 Å². The molecule has 1 amide bonds. The van der Waals surface area contributed by atoms with Crippen LogP contribution in [0.25, 0.3) is 0 Å². The zero-order chi connectivity index (χ0) is 24.9. The molecule has 3 aliphatic heterocycles. The Hall–Kier alpha value is -2.17. The highest BCUT2D eigenvalue weighted by Gasteiger charge is 2.40. The van der Waals surface area contributed by atoms with Crippen LogP contribution in [0.3, 0.4) is 0 Å². The van der Waals surface area contributed by atoms with Gasteiger partial charge in [0.25, 0.3) is 5.91 Å². The Bertz CT molecular complexity index is 970. The first kappa shape index (κ1) is 25.5. The molecule has 0 aromatic heterocycles. The lowest BCUT2D eigenvalue weighted by Gasteiger charge is -2.47. The minimum atomic E-state index is 0.211. The van der Waals surface area contributed by atoms with Gasteiger partial charge in [-0.2, -0.15) is 0 Å². The Morgan fingerprint density at radius 2 is 1.75 bits per heavy atom. The number of allylic oxidation sites excluding steroid dienone is 3. The summed E-state index contributed by atoms with van der Waals surface area (Å²) in [5.74, 6) is 0.211. The third-order valence-corrected chi connectivity index (χ3v) is 8.88. The van der Waals surface area contributed by atoms with Crippen LogP contribution in [0.2, 0.25) is 0 Å². The second-order valence-corrected chi connectivity index (χ2v) is 11.5. The number of carbonyl (C=O) groups excluding carboxylic acids is 1. The smallest absolute Gasteiger partial charge is 0.253 e. The van der Waals surface area contributed by atoms with Gasteiger partial charge in [-0.3, -0.25) is 14.6 Å². The topological polar surface area (TPSA) is 26.8 Å². The number of nitrogens with zero attached hydrogens (tertiary/aromatic N) is 3. The molecular weight excluding hydrogens is 442 g/mol. The van der Waals surface area contributed by atoms with E-state index in [-0.39, 0.29) is 5.91 Å². The number of hydrogen-bond acceptors (Lipinski definition) is 3. The molecule has 3 unspecified atom stereocenters. The molecule has 3 fully saturated rings. The van der Waals surface area contributed by atoms with E-state index >= 15 is 0 Å². The highest BCUT2D eigenvalue weighted by molar-refractivity contribution is 5.94. The number of rotatable bonds is 6. The van der Waals surface area contributed by atoms with E-state index in [1.165, 1.54) is 49.7 Å². The monoisotopic (exact) mass is 487 g/mol. The van der Waals surface area contributed by atoms with E-state index < -0.39 is 0 Å². The van der Waals surface area contributed by atoms with Gasteiger partial charge in [-0.15, -0.1) is 6.58 Å².